The van der Waals surface area contributed by atoms with E-state index < -0.39 is 0 Å². The number of rotatable bonds is 4. The first-order valence-electron chi connectivity index (χ1n) is 10.1. The minimum atomic E-state index is -0.110. The molecule has 0 spiro atoms. The van der Waals surface area contributed by atoms with Gasteiger partial charge in [-0.05, 0) is 38.8 Å². The maximum Gasteiger partial charge on any atom is 0.279 e. The van der Waals surface area contributed by atoms with Crippen LogP contribution < -0.4 is 10.9 Å². The topological polar surface area (TPSA) is 101 Å². The number of fused-ring (bicyclic) bond motifs is 2. The lowest BCUT2D eigenvalue weighted by atomic mass is 10.1. The van der Waals surface area contributed by atoms with Crippen LogP contribution in [0.2, 0.25) is 0 Å². The predicted octanol–water partition coefficient (Wildman–Crippen LogP) is 3.59. The van der Waals surface area contributed by atoms with Gasteiger partial charge in [-0.2, -0.15) is 4.98 Å². The molecule has 4 heterocycles. The Bertz CT molecular complexity index is 1270. The Morgan fingerprint density at radius 1 is 1.24 bits per heavy atom. The van der Waals surface area contributed by atoms with E-state index in [1.165, 1.54) is 0 Å². The summed E-state index contributed by atoms with van der Waals surface area (Å²) < 4.78 is 1.85. The summed E-state index contributed by atoms with van der Waals surface area (Å²) in [5.74, 6) is 0.536. The van der Waals surface area contributed by atoms with Crippen LogP contribution in [0.5, 0.6) is 0 Å². The Morgan fingerprint density at radius 3 is 2.86 bits per heavy atom. The number of hydrogen-bond acceptors (Lipinski definition) is 6. The van der Waals surface area contributed by atoms with Gasteiger partial charge in [-0.15, -0.1) is 0 Å². The molecule has 0 bridgehead atoms. The Hall–Kier alpha value is -3.29. The van der Waals surface area contributed by atoms with Crippen molar-refractivity contribution in [2.24, 2.45) is 0 Å². The molecule has 0 saturated heterocycles. The highest BCUT2D eigenvalue weighted by Gasteiger charge is 2.25. The molecular formula is C21H23N7O. The number of aromatic nitrogens is 6. The number of aromatic amines is 1. The van der Waals surface area contributed by atoms with Gasteiger partial charge in [-0.25, -0.2) is 15.0 Å². The maximum atomic E-state index is 13.6. The maximum absolute atomic E-state index is 13.6. The molecule has 1 aliphatic carbocycles. The van der Waals surface area contributed by atoms with Gasteiger partial charge in [-0.1, -0.05) is 12.8 Å². The average molecular weight is 389 g/mol. The zero-order valence-corrected chi connectivity index (χ0v) is 16.6. The highest BCUT2D eigenvalue weighted by molar-refractivity contribution is 5.82. The smallest absolute Gasteiger partial charge is 0.279 e. The minimum absolute atomic E-state index is 0.110. The van der Waals surface area contributed by atoms with Gasteiger partial charge in [0.2, 0.25) is 5.95 Å². The van der Waals surface area contributed by atoms with E-state index in [4.69, 9.17) is 4.98 Å². The van der Waals surface area contributed by atoms with Crippen LogP contribution in [-0.4, -0.2) is 36.0 Å². The fourth-order valence-electron chi connectivity index (χ4n) is 4.22. The SMILES string of the molecule is CCNc1nc(C)c2nc(-c3cnc4[nH]ccc4c3)c(=O)n(C3CCCC3)c2n1. The quantitative estimate of drug-likeness (QED) is 0.553. The van der Waals surface area contributed by atoms with Crippen molar-refractivity contribution in [2.75, 3.05) is 11.9 Å². The Balaban J connectivity index is 1.80. The monoisotopic (exact) mass is 389 g/mol. The van der Waals surface area contributed by atoms with Gasteiger partial charge in [0.15, 0.2) is 5.65 Å². The second kappa shape index (κ2) is 6.95. The number of hydrogen-bond donors (Lipinski definition) is 2. The van der Waals surface area contributed by atoms with Crippen LogP contribution in [0.15, 0.2) is 29.3 Å². The molecule has 0 unspecified atom stereocenters. The molecule has 0 amide bonds. The molecule has 4 aromatic heterocycles. The van der Waals surface area contributed by atoms with Crippen LogP contribution >= 0.6 is 0 Å². The fraction of sp³-hybridized carbons (Fsp3) is 0.381. The van der Waals surface area contributed by atoms with Gasteiger partial charge in [0.25, 0.3) is 5.56 Å². The number of pyridine rings is 1. The summed E-state index contributed by atoms with van der Waals surface area (Å²) in [6.07, 6.45) is 7.75. The fourth-order valence-corrected chi connectivity index (χ4v) is 4.22. The third-order valence-electron chi connectivity index (χ3n) is 5.61. The number of aryl methyl sites for hydroxylation is 1. The average Bonchev–Trinajstić information content (AvgIpc) is 3.39. The van der Waals surface area contributed by atoms with Gasteiger partial charge in [0, 0.05) is 35.9 Å². The number of nitrogens with one attached hydrogen (secondary N) is 2. The summed E-state index contributed by atoms with van der Waals surface area (Å²) in [4.78, 5) is 35.1. The second-order valence-corrected chi connectivity index (χ2v) is 7.55. The molecule has 2 N–H and O–H groups in total. The van der Waals surface area contributed by atoms with Gasteiger partial charge in [-0.3, -0.25) is 9.36 Å². The van der Waals surface area contributed by atoms with Crippen molar-refractivity contribution in [2.45, 2.75) is 45.6 Å². The van der Waals surface area contributed by atoms with Crippen molar-refractivity contribution < 1.29 is 0 Å². The molecule has 1 saturated carbocycles. The molecule has 0 atom stereocenters. The molecule has 4 aromatic rings. The van der Waals surface area contributed by atoms with Gasteiger partial charge in [0.05, 0.1) is 5.69 Å². The van der Waals surface area contributed by atoms with Gasteiger partial charge < -0.3 is 10.3 Å². The normalized spacial score (nSPS) is 14.8. The molecule has 0 radical (unpaired) electrons. The summed E-state index contributed by atoms with van der Waals surface area (Å²) in [6.45, 7) is 4.63. The lowest BCUT2D eigenvalue weighted by molar-refractivity contribution is 0.515. The Kier molecular flexibility index (Phi) is 4.26. The first-order valence-corrected chi connectivity index (χ1v) is 10.1. The van der Waals surface area contributed by atoms with Crippen molar-refractivity contribution in [3.63, 3.8) is 0 Å². The Morgan fingerprint density at radius 2 is 2.07 bits per heavy atom. The molecule has 5 rings (SSSR count). The number of H-pyrrole nitrogens is 1. The van der Waals surface area contributed by atoms with Crippen LogP contribution in [-0.2, 0) is 0 Å². The van der Waals surface area contributed by atoms with Crippen molar-refractivity contribution in [1.82, 2.24) is 29.5 Å². The van der Waals surface area contributed by atoms with Crippen molar-refractivity contribution in [3.8, 4) is 11.3 Å². The zero-order valence-electron chi connectivity index (χ0n) is 16.6. The summed E-state index contributed by atoms with van der Waals surface area (Å²) in [5, 5.41) is 4.11. The highest BCUT2D eigenvalue weighted by Crippen LogP contribution is 2.32. The van der Waals surface area contributed by atoms with E-state index in [-0.39, 0.29) is 11.6 Å². The van der Waals surface area contributed by atoms with Gasteiger partial charge in [0.1, 0.15) is 16.9 Å². The zero-order chi connectivity index (χ0) is 20.0. The number of anilines is 1. The third kappa shape index (κ3) is 2.95. The first kappa shape index (κ1) is 17.8. The summed E-state index contributed by atoms with van der Waals surface area (Å²) in [7, 11) is 0. The van der Waals surface area contributed by atoms with Crippen molar-refractivity contribution in [3.05, 3.63) is 40.6 Å². The molecule has 0 aromatic carbocycles. The van der Waals surface area contributed by atoms with Crippen LogP contribution in [0.4, 0.5) is 5.95 Å². The number of nitrogens with zero attached hydrogens (tertiary/aromatic N) is 5. The molecule has 8 heteroatoms. The van der Waals surface area contributed by atoms with Crippen molar-refractivity contribution >= 4 is 28.1 Å². The summed E-state index contributed by atoms with van der Waals surface area (Å²) in [5.41, 5.74) is 3.85. The molecule has 0 aliphatic heterocycles. The molecule has 8 nitrogen and oxygen atoms in total. The lowest BCUT2D eigenvalue weighted by Gasteiger charge is -2.18. The Labute approximate surface area is 167 Å². The van der Waals surface area contributed by atoms with E-state index in [1.54, 1.807) is 6.20 Å². The highest BCUT2D eigenvalue weighted by atomic mass is 16.1. The largest absolute Gasteiger partial charge is 0.354 e. The molecule has 29 heavy (non-hydrogen) atoms. The molecule has 1 aliphatic rings. The minimum Gasteiger partial charge on any atom is -0.354 e. The van der Waals surface area contributed by atoms with Crippen LogP contribution in [0, 0.1) is 6.92 Å². The van der Waals surface area contributed by atoms with E-state index in [1.807, 2.05) is 36.7 Å². The van der Waals surface area contributed by atoms with Gasteiger partial charge >= 0.3 is 0 Å². The second-order valence-electron chi connectivity index (χ2n) is 7.55. The molecule has 1 fully saturated rings. The van der Waals surface area contributed by atoms with E-state index >= 15 is 0 Å². The van der Waals surface area contributed by atoms with E-state index in [0.29, 0.717) is 34.9 Å². The molecular weight excluding hydrogens is 366 g/mol. The molecule has 148 valence electrons. The van der Waals surface area contributed by atoms with Crippen molar-refractivity contribution in [1.29, 1.82) is 0 Å². The van der Waals surface area contributed by atoms with Crippen LogP contribution in [0.1, 0.15) is 44.3 Å². The van der Waals surface area contributed by atoms with E-state index in [0.717, 1.165) is 42.4 Å². The van der Waals surface area contributed by atoms with E-state index in [2.05, 4.69) is 25.3 Å². The van der Waals surface area contributed by atoms with Crippen LogP contribution in [0.25, 0.3) is 33.5 Å². The van der Waals surface area contributed by atoms with Crippen LogP contribution in [0.3, 0.4) is 0 Å². The third-order valence-corrected chi connectivity index (χ3v) is 5.61. The summed E-state index contributed by atoms with van der Waals surface area (Å²) in [6, 6.07) is 4.04. The standard InChI is InChI=1S/C21H23N7O/c1-3-22-21-25-12(2)16-19(27-21)28(15-6-4-5-7-15)20(29)17(26-16)14-10-13-8-9-23-18(13)24-11-14/h8-11,15H,3-7H2,1-2H3,(H,23,24)(H,22,25,27). The predicted molar refractivity (Wildman–Crippen MR) is 113 cm³/mol. The first-order chi connectivity index (χ1) is 14.2. The summed E-state index contributed by atoms with van der Waals surface area (Å²) >= 11 is 0. The lowest BCUT2D eigenvalue weighted by Crippen LogP contribution is -2.28. The van der Waals surface area contributed by atoms with E-state index in [9.17, 15) is 4.79 Å².